The molecule has 0 bridgehead atoms. The fourth-order valence-corrected chi connectivity index (χ4v) is 3.14. The lowest BCUT2D eigenvalue weighted by Crippen LogP contribution is -2.55. The van der Waals surface area contributed by atoms with E-state index in [0.29, 0.717) is 5.91 Å². The lowest BCUT2D eigenvalue weighted by Gasteiger charge is -2.36. The molecule has 2 aliphatic rings. The number of nitrogens with zero attached hydrogens (tertiary/aromatic N) is 1. The average molecular weight is 224 g/mol. The number of likely N-dealkylation sites (tertiary alicyclic amines) is 1. The van der Waals surface area contributed by atoms with Crippen molar-refractivity contribution >= 4 is 5.91 Å². The minimum absolute atomic E-state index is 0.202. The molecule has 0 aromatic rings. The number of hydrogen-bond donors (Lipinski definition) is 1. The van der Waals surface area contributed by atoms with Crippen LogP contribution in [-0.2, 0) is 4.79 Å². The maximum Gasteiger partial charge on any atom is 0.242 e. The first-order chi connectivity index (χ1) is 7.78. The molecule has 1 unspecified atom stereocenters. The van der Waals surface area contributed by atoms with Crippen LogP contribution in [0.2, 0.25) is 0 Å². The van der Waals surface area contributed by atoms with Crippen LogP contribution < -0.4 is 5.32 Å². The molecule has 2 heterocycles. The molecule has 0 aromatic carbocycles. The maximum absolute atomic E-state index is 12.6. The van der Waals surface area contributed by atoms with Crippen LogP contribution in [0, 0.1) is 0 Å². The van der Waals surface area contributed by atoms with Crippen LogP contribution in [0.5, 0.6) is 0 Å². The molecule has 0 spiro atoms. The summed E-state index contributed by atoms with van der Waals surface area (Å²) in [7, 11) is 0. The SMILES string of the molecule is CCCC1(C(=O)N2CCCCC2)CCCN1. The summed E-state index contributed by atoms with van der Waals surface area (Å²) in [6.45, 7) is 5.14. The van der Waals surface area contributed by atoms with E-state index in [0.717, 1.165) is 45.3 Å². The first-order valence-corrected chi connectivity index (χ1v) is 6.83. The van der Waals surface area contributed by atoms with Gasteiger partial charge in [0.15, 0.2) is 0 Å². The zero-order valence-corrected chi connectivity index (χ0v) is 10.4. The minimum Gasteiger partial charge on any atom is -0.341 e. The van der Waals surface area contributed by atoms with Gasteiger partial charge in [0.2, 0.25) is 5.91 Å². The van der Waals surface area contributed by atoms with Crippen LogP contribution in [0.25, 0.3) is 0 Å². The van der Waals surface area contributed by atoms with Crippen LogP contribution in [-0.4, -0.2) is 36.0 Å². The fraction of sp³-hybridized carbons (Fsp3) is 0.923. The van der Waals surface area contributed by atoms with E-state index in [9.17, 15) is 4.79 Å². The Hall–Kier alpha value is -0.570. The minimum atomic E-state index is -0.202. The van der Waals surface area contributed by atoms with E-state index in [4.69, 9.17) is 0 Å². The second kappa shape index (κ2) is 5.17. The Labute approximate surface area is 98.6 Å². The molecule has 1 amide bonds. The van der Waals surface area contributed by atoms with Crippen molar-refractivity contribution in [2.75, 3.05) is 19.6 Å². The molecule has 2 saturated heterocycles. The number of rotatable bonds is 3. The predicted octanol–water partition coefficient (Wildman–Crippen LogP) is 1.92. The highest BCUT2D eigenvalue weighted by Gasteiger charge is 2.42. The van der Waals surface area contributed by atoms with Crippen LogP contribution in [0.3, 0.4) is 0 Å². The molecule has 0 radical (unpaired) electrons. The number of hydrogen-bond acceptors (Lipinski definition) is 2. The second-order valence-electron chi connectivity index (χ2n) is 5.22. The first-order valence-electron chi connectivity index (χ1n) is 6.83. The van der Waals surface area contributed by atoms with Crippen LogP contribution in [0.4, 0.5) is 0 Å². The first kappa shape index (κ1) is 11.9. The smallest absolute Gasteiger partial charge is 0.242 e. The van der Waals surface area contributed by atoms with Crippen LogP contribution in [0.15, 0.2) is 0 Å². The third-order valence-corrected chi connectivity index (χ3v) is 3.97. The van der Waals surface area contributed by atoms with E-state index in [1.165, 1.54) is 19.3 Å². The number of carbonyl (C=O) groups is 1. The number of piperidine rings is 1. The third kappa shape index (κ3) is 2.24. The van der Waals surface area contributed by atoms with Crippen molar-refractivity contribution in [1.82, 2.24) is 10.2 Å². The van der Waals surface area contributed by atoms with Crippen LogP contribution >= 0.6 is 0 Å². The van der Waals surface area contributed by atoms with E-state index in [-0.39, 0.29) is 5.54 Å². The molecule has 0 aromatic heterocycles. The van der Waals surface area contributed by atoms with Gasteiger partial charge in [-0.05, 0) is 45.1 Å². The summed E-state index contributed by atoms with van der Waals surface area (Å²) in [6, 6.07) is 0. The van der Waals surface area contributed by atoms with Gasteiger partial charge >= 0.3 is 0 Å². The molecule has 0 saturated carbocycles. The van der Waals surface area contributed by atoms with Crippen LogP contribution in [0.1, 0.15) is 51.9 Å². The zero-order chi connectivity index (χ0) is 11.4. The van der Waals surface area contributed by atoms with E-state index in [1.807, 2.05) is 0 Å². The molecule has 1 N–H and O–H groups in total. The fourth-order valence-electron chi connectivity index (χ4n) is 3.14. The summed E-state index contributed by atoms with van der Waals surface area (Å²) < 4.78 is 0. The topological polar surface area (TPSA) is 32.3 Å². The Bertz CT molecular complexity index is 240. The number of carbonyl (C=O) groups excluding carboxylic acids is 1. The van der Waals surface area contributed by atoms with E-state index in [2.05, 4.69) is 17.1 Å². The standard InChI is InChI=1S/C13H24N2O/c1-2-7-13(8-6-9-14-13)12(16)15-10-4-3-5-11-15/h14H,2-11H2,1H3. The lowest BCUT2D eigenvalue weighted by atomic mass is 9.89. The van der Waals surface area contributed by atoms with Crippen molar-refractivity contribution in [3.05, 3.63) is 0 Å². The molecule has 2 rings (SSSR count). The maximum atomic E-state index is 12.6. The third-order valence-electron chi connectivity index (χ3n) is 3.97. The molecule has 0 aliphatic carbocycles. The second-order valence-corrected chi connectivity index (χ2v) is 5.22. The summed E-state index contributed by atoms with van der Waals surface area (Å²) in [5.74, 6) is 0.381. The molecule has 3 nitrogen and oxygen atoms in total. The van der Waals surface area contributed by atoms with Gasteiger partial charge in [0, 0.05) is 13.1 Å². The Morgan fingerprint density at radius 1 is 1.25 bits per heavy atom. The Morgan fingerprint density at radius 3 is 2.56 bits per heavy atom. The molecular formula is C13H24N2O. The van der Waals surface area contributed by atoms with Crippen molar-refractivity contribution in [1.29, 1.82) is 0 Å². The van der Waals surface area contributed by atoms with Crippen molar-refractivity contribution in [3.8, 4) is 0 Å². The zero-order valence-electron chi connectivity index (χ0n) is 10.4. The summed E-state index contributed by atoms with van der Waals surface area (Å²) in [5, 5.41) is 3.48. The quantitative estimate of drug-likeness (QED) is 0.794. The average Bonchev–Trinajstić information content (AvgIpc) is 2.80. The van der Waals surface area contributed by atoms with Gasteiger partial charge in [0.25, 0.3) is 0 Å². The number of nitrogens with one attached hydrogen (secondary N) is 1. The van der Waals surface area contributed by atoms with Gasteiger partial charge in [0.1, 0.15) is 0 Å². The molecule has 16 heavy (non-hydrogen) atoms. The van der Waals surface area contributed by atoms with E-state index in [1.54, 1.807) is 0 Å². The predicted molar refractivity (Wildman–Crippen MR) is 65.3 cm³/mol. The summed E-state index contributed by atoms with van der Waals surface area (Å²) >= 11 is 0. The summed E-state index contributed by atoms with van der Waals surface area (Å²) in [5.41, 5.74) is -0.202. The van der Waals surface area contributed by atoms with Gasteiger partial charge in [-0.25, -0.2) is 0 Å². The van der Waals surface area contributed by atoms with Crippen molar-refractivity contribution in [3.63, 3.8) is 0 Å². The Kier molecular flexibility index (Phi) is 3.85. The Balaban J connectivity index is 2.04. The molecule has 1 atom stereocenters. The lowest BCUT2D eigenvalue weighted by molar-refractivity contribution is -0.139. The summed E-state index contributed by atoms with van der Waals surface area (Å²) in [6.07, 6.45) is 7.95. The molecular weight excluding hydrogens is 200 g/mol. The van der Waals surface area contributed by atoms with Crippen molar-refractivity contribution < 1.29 is 4.79 Å². The van der Waals surface area contributed by atoms with E-state index < -0.39 is 0 Å². The number of amides is 1. The Morgan fingerprint density at radius 2 is 2.00 bits per heavy atom. The van der Waals surface area contributed by atoms with Gasteiger partial charge in [-0.3, -0.25) is 4.79 Å². The van der Waals surface area contributed by atoms with E-state index >= 15 is 0 Å². The van der Waals surface area contributed by atoms with Gasteiger partial charge in [-0.15, -0.1) is 0 Å². The van der Waals surface area contributed by atoms with Gasteiger partial charge < -0.3 is 10.2 Å². The summed E-state index contributed by atoms with van der Waals surface area (Å²) in [4.78, 5) is 14.7. The monoisotopic (exact) mass is 224 g/mol. The molecule has 3 heteroatoms. The highest BCUT2D eigenvalue weighted by Crippen LogP contribution is 2.28. The van der Waals surface area contributed by atoms with Crippen molar-refractivity contribution in [2.45, 2.75) is 57.4 Å². The normalized spacial score (nSPS) is 30.7. The molecule has 2 aliphatic heterocycles. The van der Waals surface area contributed by atoms with Gasteiger partial charge in [0.05, 0.1) is 5.54 Å². The van der Waals surface area contributed by atoms with Gasteiger partial charge in [-0.1, -0.05) is 13.3 Å². The highest BCUT2D eigenvalue weighted by molar-refractivity contribution is 5.86. The van der Waals surface area contributed by atoms with Crippen molar-refractivity contribution in [2.24, 2.45) is 0 Å². The largest absolute Gasteiger partial charge is 0.341 e. The molecule has 2 fully saturated rings. The molecule has 92 valence electrons. The highest BCUT2D eigenvalue weighted by atomic mass is 16.2. The van der Waals surface area contributed by atoms with Gasteiger partial charge in [-0.2, -0.15) is 0 Å².